The molecule has 0 spiro atoms. The van der Waals surface area contributed by atoms with Crippen LogP contribution >= 0.6 is 0 Å². The van der Waals surface area contributed by atoms with Crippen molar-refractivity contribution in [2.75, 3.05) is 18.1 Å². The Balaban J connectivity index is 2.23. The lowest BCUT2D eigenvalue weighted by Crippen LogP contribution is -2.41. The third kappa shape index (κ3) is 3.03. The van der Waals surface area contributed by atoms with Crippen molar-refractivity contribution in [3.05, 3.63) is 34.9 Å². The summed E-state index contributed by atoms with van der Waals surface area (Å²) in [7, 11) is -2.98. The van der Waals surface area contributed by atoms with Crippen LogP contribution in [0.15, 0.2) is 18.2 Å². The molecular weight excluding hydrogens is 274 g/mol. The number of carbonyl (C=O) groups excluding carboxylic acids is 1. The minimum absolute atomic E-state index is 0.0716. The van der Waals surface area contributed by atoms with Gasteiger partial charge in [-0.1, -0.05) is 6.07 Å². The maximum atomic E-state index is 12.6. The van der Waals surface area contributed by atoms with E-state index in [1.807, 2.05) is 39.0 Å². The Hall–Kier alpha value is -1.36. The van der Waals surface area contributed by atoms with E-state index in [1.165, 1.54) is 0 Å². The highest BCUT2D eigenvalue weighted by Crippen LogP contribution is 2.20. The van der Waals surface area contributed by atoms with Gasteiger partial charge in [-0.25, -0.2) is 8.42 Å². The first-order chi connectivity index (χ1) is 9.34. The highest BCUT2D eigenvalue weighted by Gasteiger charge is 2.34. The van der Waals surface area contributed by atoms with Crippen LogP contribution in [0, 0.1) is 13.8 Å². The van der Waals surface area contributed by atoms with Crippen molar-refractivity contribution in [1.29, 1.82) is 0 Å². The summed E-state index contributed by atoms with van der Waals surface area (Å²) in [6, 6.07) is 5.45. The van der Waals surface area contributed by atoms with Crippen molar-refractivity contribution < 1.29 is 13.2 Å². The van der Waals surface area contributed by atoms with E-state index in [9.17, 15) is 13.2 Å². The van der Waals surface area contributed by atoms with E-state index >= 15 is 0 Å². The summed E-state index contributed by atoms with van der Waals surface area (Å²) in [4.78, 5) is 14.3. The molecule has 0 bridgehead atoms. The third-order valence-corrected chi connectivity index (χ3v) is 5.75. The number of hydrogen-bond acceptors (Lipinski definition) is 3. The van der Waals surface area contributed by atoms with Gasteiger partial charge in [0, 0.05) is 18.2 Å². The van der Waals surface area contributed by atoms with E-state index in [1.54, 1.807) is 4.90 Å². The van der Waals surface area contributed by atoms with Crippen LogP contribution in [0.1, 0.15) is 34.8 Å². The smallest absolute Gasteiger partial charge is 0.254 e. The van der Waals surface area contributed by atoms with E-state index in [0.29, 0.717) is 18.5 Å². The molecule has 0 saturated carbocycles. The van der Waals surface area contributed by atoms with Crippen molar-refractivity contribution in [3.63, 3.8) is 0 Å². The van der Waals surface area contributed by atoms with Crippen molar-refractivity contribution >= 4 is 15.7 Å². The number of sulfone groups is 1. The lowest BCUT2D eigenvalue weighted by Gasteiger charge is -2.27. The van der Waals surface area contributed by atoms with Crippen LogP contribution in [0.4, 0.5) is 0 Å². The van der Waals surface area contributed by atoms with Crippen LogP contribution in [-0.2, 0) is 9.84 Å². The topological polar surface area (TPSA) is 54.5 Å². The maximum absolute atomic E-state index is 12.6. The summed E-state index contributed by atoms with van der Waals surface area (Å²) in [6.45, 7) is 6.41. The molecule has 5 heteroatoms. The largest absolute Gasteiger partial charge is 0.335 e. The summed E-state index contributed by atoms with van der Waals surface area (Å²) < 4.78 is 23.2. The number of aryl methyl sites for hydroxylation is 2. The average molecular weight is 295 g/mol. The Morgan fingerprint density at radius 2 is 2.00 bits per heavy atom. The predicted octanol–water partition coefficient (Wildman–Crippen LogP) is 1.95. The van der Waals surface area contributed by atoms with Gasteiger partial charge in [-0.15, -0.1) is 0 Å². The zero-order valence-corrected chi connectivity index (χ0v) is 13.0. The molecule has 1 amide bonds. The molecular formula is C15H21NO3S. The van der Waals surface area contributed by atoms with Gasteiger partial charge in [0.1, 0.15) is 0 Å². The van der Waals surface area contributed by atoms with Gasteiger partial charge in [0.2, 0.25) is 0 Å². The summed E-state index contributed by atoms with van der Waals surface area (Å²) in [6.07, 6.45) is 0.548. The average Bonchev–Trinajstić information content (AvgIpc) is 2.74. The van der Waals surface area contributed by atoms with Crippen LogP contribution < -0.4 is 0 Å². The molecule has 20 heavy (non-hydrogen) atoms. The van der Waals surface area contributed by atoms with E-state index < -0.39 is 9.84 Å². The number of benzene rings is 1. The highest BCUT2D eigenvalue weighted by molar-refractivity contribution is 7.91. The molecule has 0 aromatic heterocycles. The molecule has 4 nitrogen and oxygen atoms in total. The molecule has 110 valence electrons. The first-order valence-electron chi connectivity index (χ1n) is 6.92. The molecule has 0 radical (unpaired) electrons. The zero-order chi connectivity index (χ0) is 14.9. The summed E-state index contributed by atoms with van der Waals surface area (Å²) in [5.41, 5.74) is 2.86. The number of carbonyl (C=O) groups is 1. The van der Waals surface area contributed by atoms with Gasteiger partial charge in [-0.05, 0) is 50.5 Å². The second-order valence-electron chi connectivity index (χ2n) is 5.45. The Kier molecular flexibility index (Phi) is 4.18. The van der Waals surface area contributed by atoms with Gasteiger partial charge in [0.25, 0.3) is 5.91 Å². The van der Waals surface area contributed by atoms with Gasteiger partial charge in [-0.2, -0.15) is 0 Å². The zero-order valence-electron chi connectivity index (χ0n) is 12.2. The molecule has 1 aliphatic rings. The first-order valence-corrected chi connectivity index (χ1v) is 8.75. The molecule has 2 rings (SSSR count). The van der Waals surface area contributed by atoms with Crippen molar-refractivity contribution in [3.8, 4) is 0 Å². The minimum Gasteiger partial charge on any atom is -0.335 e. The number of amides is 1. The van der Waals surface area contributed by atoms with Crippen molar-refractivity contribution in [1.82, 2.24) is 4.90 Å². The fourth-order valence-electron chi connectivity index (χ4n) is 2.63. The molecule has 1 heterocycles. The van der Waals surface area contributed by atoms with Crippen LogP contribution in [0.25, 0.3) is 0 Å². The SMILES string of the molecule is CCN(C(=O)c1ccc(C)c(C)c1)[C@H]1CCS(=O)(=O)C1. The molecule has 1 aromatic carbocycles. The van der Waals surface area contributed by atoms with Gasteiger partial charge in [-0.3, -0.25) is 4.79 Å². The van der Waals surface area contributed by atoms with Crippen LogP contribution in [-0.4, -0.2) is 43.3 Å². The Labute approximate surface area is 120 Å². The monoisotopic (exact) mass is 295 g/mol. The highest BCUT2D eigenvalue weighted by atomic mass is 32.2. The molecule has 0 aliphatic carbocycles. The second-order valence-corrected chi connectivity index (χ2v) is 7.68. The molecule has 0 unspecified atom stereocenters. The molecule has 1 aliphatic heterocycles. The summed E-state index contributed by atoms with van der Waals surface area (Å²) >= 11 is 0. The van der Waals surface area contributed by atoms with E-state index in [4.69, 9.17) is 0 Å². The van der Waals surface area contributed by atoms with Crippen molar-refractivity contribution in [2.45, 2.75) is 33.2 Å². The number of nitrogens with zero attached hydrogens (tertiary/aromatic N) is 1. The van der Waals surface area contributed by atoms with Gasteiger partial charge in [0.05, 0.1) is 11.5 Å². The van der Waals surface area contributed by atoms with Crippen LogP contribution in [0.5, 0.6) is 0 Å². The standard InChI is InChI=1S/C15H21NO3S/c1-4-16(14-7-8-20(18,19)10-14)15(17)13-6-5-11(2)12(3)9-13/h5-6,9,14H,4,7-8,10H2,1-3H3/t14-/m0/s1. The molecule has 1 atom stereocenters. The first kappa shape index (κ1) is 15.0. The predicted molar refractivity (Wildman–Crippen MR) is 79.7 cm³/mol. The molecule has 0 N–H and O–H groups in total. The lowest BCUT2D eigenvalue weighted by molar-refractivity contribution is 0.0708. The Morgan fingerprint density at radius 1 is 1.30 bits per heavy atom. The fourth-order valence-corrected chi connectivity index (χ4v) is 4.36. The third-order valence-electron chi connectivity index (χ3n) is 4.00. The molecule has 1 fully saturated rings. The van der Waals surface area contributed by atoms with Gasteiger partial charge >= 0.3 is 0 Å². The second kappa shape index (κ2) is 5.56. The summed E-state index contributed by atoms with van der Waals surface area (Å²) in [5, 5.41) is 0. The Morgan fingerprint density at radius 3 is 2.50 bits per heavy atom. The molecule has 1 aromatic rings. The Bertz CT molecular complexity index is 622. The fraction of sp³-hybridized carbons (Fsp3) is 0.533. The van der Waals surface area contributed by atoms with Crippen LogP contribution in [0.3, 0.4) is 0 Å². The number of hydrogen-bond donors (Lipinski definition) is 0. The van der Waals surface area contributed by atoms with Gasteiger partial charge in [0.15, 0.2) is 9.84 Å². The maximum Gasteiger partial charge on any atom is 0.254 e. The lowest BCUT2D eigenvalue weighted by atomic mass is 10.0. The minimum atomic E-state index is -2.98. The van der Waals surface area contributed by atoms with E-state index in [2.05, 4.69) is 0 Å². The van der Waals surface area contributed by atoms with E-state index in [0.717, 1.165) is 11.1 Å². The number of rotatable bonds is 3. The van der Waals surface area contributed by atoms with Crippen molar-refractivity contribution in [2.24, 2.45) is 0 Å². The normalized spacial score (nSPS) is 20.9. The quantitative estimate of drug-likeness (QED) is 0.856. The summed E-state index contributed by atoms with van der Waals surface area (Å²) in [5.74, 6) is 0.212. The van der Waals surface area contributed by atoms with Gasteiger partial charge < -0.3 is 4.90 Å². The molecule has 1 saturated heterocycles. The van der Waals surface area contributed by atoms with Crippen LogP contribution in [0.2, 0.25) is 0 Å². The van der Waals surface area contributed by atoms with E-state index in [-0.39, 0.29) is 23.5 Å².